The van der Waals surface area contributed by atoms with Gasteiger partial charge in [0.15, 0.2) is 0 Å². The van der Waals surface area contributed by atoms with Crippen LogP contribution in [0.3, 0.4) is 0 Å². The standard InChI is InChI=1S/C21H22Cl2N4OS2/c1-13(2)19-20(30-17-9-15(22)8-16(23)10-17)27(11-14-4-6-25-7-5-14)18(26-19)12-28-21(29)24-3/h4-10,13H,11-12H2,1-3H3,(H,24,29). The monoisotopic (exact) mass is 480 g/mol. The molecule has 3 rings (SSSR count). The molecule has 0 bridgehead atoms. The summed E-state index contributed by atoms with van der Waals surface area (Å²) in [4.78, 5) is 9.96. The van der Waals surface area contributed by atoms with Crippen molar-refractivity contribution in [1.29, 1.82) is 0 Å². The van der Waals surface area contributed by atoms with Gasteiger partial charge in [-0.3, -0.25) is 4.98 Å². The highest BCUT2D eigenvalue weighted by Gasteiger charge is 2.21. The van der Waals surface area contributed by atoms with Crippen molar-refractivity contribution in [2.24, 2.45) is 0 Å². The van der Waals surface area contributed by atoms with Gasteiger partial charge in [0.25, 0.3) is 5.17 Å². The molecule has 9 heteroatoms. The molecule has 30 heavy (non-hydrogen) atoms. The number of hydrogen-bond acceptors (Lipinski definition) is 5. The molecular formula is C21H22Cl2N4OS2. The van der Waals surface area contributed by atoms with Crippen LogP contribution in [0.25, 0.3) is 0 Å². The highest BCUT2D eigenvalue weighted by molar-refractivity contribution is 7.99. The normalized spacial score (nSPS) is 11.0. The van der Waals surface area contributed by atoms with E-state index in [-0.39, 0.29) is 12.5 Å². The lowest BCUT2D eigenvalue weighted by atomic mass is 10.1. The maximum Gasteiger partial charge on any atom is 0.256 e. The van der Waals surface area contributed by atoms with Gasteiger partial charge in [0.05, 0.1) is 12.2 Å². The molecule has 1 aromatic carbocycles. The van der Waals surface area contributed by atoms with Crippen molar-refractivity contribution in [3.05, 3.63) is 69.9 Å². The molecule has 158 valence electrons. The molecule has 0 aliphatic rings. The summed E-state index contributed by atoms with van der Waals surface area (Å²) in [6, 6.07) is 9.50. The van der Waals surface area contributed by atoms with Crippen LogP contribution in [0.1, 0.15) is 36.8 Å². The number of aromatic nitrogens is 3. The molecule has 3 aromatic rings. The van der Waals surface area contributed by atoms with Gasteiger partial charge in [0.1, 0.15) is 17.5 Å². The molecule has 2 heterocycles. The first-order chi connectivity index (χ1) is 14.4. The second kappa shape index (κ2) is 10.5. The molecule has 0 aliphatic carbocycles. The van der Waals surface area contributed by atoms with Crippen LogP contribution in [0.5, 0.6) is 0 Å². The van der Waals surface area contributed by atoms with E-state index in [0.29, 0.717) is 21.8 Å². The summed E-state index contributed by atoms with van der Waals surface area (Å²) in [5.41, 5.74) is 2.10. The van der Waals surface area contributed by atoms with E-state index in [2.05, 4.69) is 28.7 Å². The van der Waals surface area contributed by atoms with E-state index in [9.17, 15) is 0 Å². The zero-order valence-electron chi connectivity index (χ0n) is 16.9. The number of thiocarbonyl (C=S) groups is 1. The minimum absolute atomic E-state index is 0.218. The third kappa shape index (κ3) is 5.88. The average molecular weight is 481 g/mol. The summed E-state index contributed by atoms with van der Waals surface area (Å²) in [5.74, 6) is 1.01. The Labute approximate surface area is 196 Å². The van der Waals surface area contributed by atoms with Crippen molar-refractivity contribution < 1.29 is 4.74 Å². The number of ether oxygens (including phenoxy) is 1. The Hall–Kier alpha value is -1.80. The molecule has 0 amide bonds. The molecule has 2 aromatic heterocycles. The van der Waals surface area contributed by atoms with Crippen LogP contribution in [-0.4, -0.2) is 26.8 Å². The van der Waals surface area contributed by atoms with Gasteiger partial charge in [0.2, 0.25) is 0 Å². The molecule has 0 saturated heterocycles. The van der Waals surface area contributed by atoms with Gasteiger partial charge in [0, 0.05) is 34.4 Å². The second-order valence-corrected chi connectivity index (χ2v) is 9.15. The molecule has 0 aliphatic heterocycles. The van der Waals surface area contributed by atoms with Crippen molar-refractivity contribution in [3.8, 4) is 0 Å². The van der Waals surface area contributed by atoms with Crippen LogP contribution in [0.15, 0.2) is 52.6 Å². The smallest absolute Gasteiger partial charge is 0.256 e. The predicted octanol–water partition coefficient (Wildman–Crippen LogP) is 5.93. The second-order valence-electron chi connectivity index (χ2n) is 6.85. The lowest BCUT2D eigenvalue weighted by Gasteiger charge is -2.14. The summed E-state index contributed by atoms with van der Waals surface area (Å²) in [6.45, 7) is 5.14. The summed E-state index contributed by atoms with van der Waals surface area (Å²) in [5, 5.41) is 5.37. The number of hydrogen-bond donors (Lipinski definition) is 1. The van der Waals surface area contributed by atoms with Crippen molar-refractivity contribution in [2.45, 2.75) is 42.8 Å². The summed E-state index contributed by atoms with van der Waals surface area (Å²) in [7, 11) is 1.73. The van der Waals surface area contributed by atoms with E-state index in [1.807, 2.05) is 24.3 Å². The summed E-state index contributed by atoms with van der Waals surface area (Å²) in [6.07, 6.45) is 3.57. The molecule has 5 nitrogen and oxygen atoms in total. The molecule has 0 atom stereocenters. The van der Waals surface area contributed by atoms with Crippen LogP contribution < -0.4 is 5.32 Å². The number of halogens is 2. The maximum absolute atomic E-state index is 6.23. The van der Waals surface area contributed by atoms with Gasteiger partial charge < -0.3 is 14.6 Å². The topological polar surface area (TPSA) is 52.0 Å². The molecule has 0 radical (unpaired) electrons. The lowest BCUT2D eigenvalue weighted by Crippen LogP contribution is -2.20. The first-order valence-corrected chi connectivity index (χ1v) is 11.3. The van der Waals surface area contributed by atoms with Crippen LogP contribution in [0, 0.1) is 0 Å². The van der Waals surface area contributed by atoms with E-state index in [1.165, 1.54) is 0 Å². The van der Waals surface area contributed by atoms with Gasteiger partial charge in [-0.1, -0.05) is 48.8 Å². The number of nitrogens with zero attached hydrogens (tertiary/aromatic N) is 3. The molecule has 0 spiro atoms. The maximum atomic E-state index is 6.23. The van der Waals surface area contributed by atoms with Crippen LogP contribution in [0.2, 0.25) is 10.0 Å². The van der Waals surface area contributed by atoms with Gasteiger partial charge >= 0.3 is 0 Å². The van der Waals surface area contributed by atoms with E-state index in [0.717, 1.165) is 27.0 Å². The van der Waals surface area contributed by atoms with Crippen molar-refractivity contribution in [3.63, 3.8) is 0 Å². The van der Waals surface area contributed by atoms with Crippen molar-refractivity contribution in [2.75, 3.05) is 7.05 Å². The van der Waals surface area contributed by atoms with E-state index < -0.39 is 0 Å². The highest BCUT2D eigenvalue weighted by atomic mass is 35.5. The first kappa shape index (κ1) is 22.9. The lowest BCUT2D eigenvalue weighted by molar-refractivity contribution is 0.273. The third-order valence-electron chi connectivity index (χ3n) is 4.25. The van der Waals surface area contributed by atoms with Gasteiger partial charge in [-0.2, -0.15) is 0 Å². The van der Waals surface area contributed by atoms with Gasteiger partial charge in [-0.15, -0.1) is 0 Å². The van der Waals surface area contributed by atoms with Crippen molar-refractivity contribution in [1.82, 2.24) is 19.9 Å². The Kier molecular flexibility index (Phi) is 7.99. The van der Waals surface area contributed by atoms with E-state index in [4.69, 9.17) is 45.1 Å². The zero-order valence-corrected chi connectivity index (χ0v) is 20.0. The minimum atomic E-state index is 0.218. The van der Waals surface area contributed by atoms with Gasteiger partial charge in [-0.05, 0) is 54.0 Å². The number of benzene rings is 1. The molecule has 1 N–H and O–H groups in total. The fourth-order valence-corrected chi connectivity index (χ4v) is 4.81. The van der Waals surface area contributed by atoms with Crippen LogP contribution in [0.4, 0.5) is 0 Å². The van der Waals surface area contributed by atoms with Crippen molar-refractivity contribution >= 4 is 52.4 Å². The average Bonchev–Trinajstić information content (AvgIpc) is 3.03. The highest BCUT2D eigenvalue weighted by Crippen LogP contribution is 2.37. The first-order valence-electron chi connectivity index (χ1n) is 9.34. The Morgan fingerprint density at radius 1 is 1.20 bits per heavy atom. The number of nitrogens with one attached hydrogen (secondary N) is 1. The Bertz CT molecular complexity index is 1010. The number of rotatable bonds is 7. The summed E-state index contributed by atoms with van der Waals surface area (Å²) >= 11 is 19.2. The Morgan fingerprint density at radius 2 is 1.87 bits per heavy atom. The summed E-state index contributed by atoms with van der Waals surface area (Å²) < 4.78 is 7.82. The van der Waals surface area contributed by atoms with Crippen LogP contribution >= 0.6 is 47.2 Å². The Morgan fingerprint density at radius 3 is 2.47 bits per heavy atom. The Balaban J connectivity index is 2.06. The predicted molar refractivity (Wildman–Crippen MR) is 127 cm³/mol. The van der Waals surface area contributed by atoms with E-state index >= 15 is 0 Å². The minimum Gasteiger partial charge on any atom is -0.463 e. The molecule has 0 fully saturated rings. The molecule has 0 unspecified atom stereocenters. The fourth-order valence-electron chi connectivity index (χ4n) is 2.83. The SMILES string of the molecule is CNC(=S)OCc1nc(C(C)C)c(Sc2cc(Cl)cc(Cl)c2)n1Cc1ccncc1. The molecule has 0 saturated carbocycles. The molecular weight excluding hydrogens is 459 g/mol. The quantitative estimate of drug-likeness (QED) is 0.423. The van der Waals surface area contributed by atoms with E-state index in [1.54, 1.807) is 37.3 Å². The number of pyridine rings is 1. The number of imidazole rings is 1. The third-order valence-corrected chi connectivity index (χ3v) is 6.10. The van der Waals surface area contributed by atoms with Crippen LogP contribution in [-0.2, 0) is 17.9 Å². The largest absolute Gasteiger partial charge is 0.463 e. The fraction of sp³-hybridized carbons (Fsp3) is 0.286. The zero-order chi connectivity index (χ0) is 21.7. The van der Waals surface area contributed by atoms with Gasteiger partial charge in [-0.25, -0.2) is 4.98 Å².